The number of rotatable bonds is 18. The number of benzene rings is 1. The summed E-state index contributed by atoms with van der Waals surface area (Å²) in [7, 11) is 0. The van der Waals surface area contributed by atoms with Crippen molar-refractivity contribution < 1.29 is 33.8 Å². The molecule has 2 bridgehead atoms. The minimum absolute atomic E-state index is 0.0671. The van der Waals surface area contributed by atoms with E-state index < -0.39 is 47.7 Å². The van der Waals surface area contributed by atoms with Gasteiger partial charge in [0.1, 0.15) is 17.7 Å². The second-order valence-corrected chi connectivity index (χ2v) is 12.3. The van der Waals surface area contributed by atoms with Crippen LogP contribution in [0.1, 0.15) is 76.9 Å². The number of nitrogens with zero attached hydrogens (tertiary/aromatic N) is 2. The Kier molecular flexibility index (Phi) is 12.0. The monoisotopic (exact) mass is 623 g/mol. The maximum atomic E-state index is 14.4. The predicted molar refractivity (Wildman–Crippen MR) is 170 cm³/mol. The Morgan fingerprint density at radius 2 is 1.96 bits per heavy atom. The molecule has 246 valence electrons. The van der Waals surface area contributed by atoms with E-state index >= 15 is 0 Å². The van der Waals surface area contributed by atoms with Gasteiger partial charge in [-0.05, 0) is 37.7 Å². The summed E-state index contributed by atoms with van der Waals surface area (Å²) in [6.07, 6.45) is 6.94. The third-order valence-corrected chi connectivity index (χ3v) is 9.50. The number of fused-ring (bicyclic) bond motifs is 1. The van der Waals surface area contributed by atoms with Crippen LogP contribution in [-0.4, -0.2) is 88.6 Å². The topological polar surface area (TPSA) is 125 Å². The molecule has 10 heteroatoms. The van der Waals surface area contributed by atoms with Gasteiger partial charge in [-0.2, -0.15) is 0 Å². The molecule has 10 nitrogen and oxygen atoms in total. The van der Waals surface area contributed by atoms with Gasteiger partial charge in [0.25, 0.3) is 0 Å². The van der Waals surface area contributed by atoms with Gasteiger partial charge >= 0.3 is 5.97 Å². The molecular weight excluding hydrogens is 574 g/mol. The third-order valence-electron chi connectivity index (χ3n) is 9.50. The molecule has 3 aliphatic heterocycles. The summed E-state index contributed by atoms with van der Waals surface area (Å²) in [5.74, 6) is -3.22. The number of aliphatic hydroxyl groups excluding tert-OH is 1. The molecular formula is C35H49N3O7. The van der Waals surface area contributed by atoms with Gasteiger partial charge in [-0.25, -0.2) is 0 Å². The normalized spacial score (nSPS) is 26.2. The minimum Gasteiger partial charge on any atom is -0.455 e. The second kappa shape index (κ2) is 15.7. The zero-order valence-corrected chi connectivity index (χ0v) is 26.7. The van der Waals surface area contributed by atoms with Crippen molar-refractivity contribution in [2.75, 3.05) is 26.2 Å². The summed E-state index contributed by atoms with van der Waals surface area (Å²) in [6, 6.07) is 7.59. The van der Waals surface area contributed by atoms with E-state index in [1.165, 1.54) is 4.90 Å². The molecule has 0 unspecified atom stereocenters. The van der Waals surface area contributed by atoms with Gasteiger partial charge in [0.2, 0.25) is 17.7 Å². The van der Waals surface area contributed by atoms with Crippen LogP contribution in [0.15, 0.2) is 55.6 Å². The van der Waals surface area contributed by atoms with Crippen LogP contribution in [0.3, 0.4) is 0 Å². The zero-order valence-electron chi connectivity index (χ0n) is 26.7. The Morgan fingerprint density at radius 3 is 2.60 bits per heavy atom. The Balaban J connectivity index is 1.64. The highest BCUT2D eigenvalue weighted by Gasteiger charge is 2.75. The highest BCUT2D eigenvalue weighted by Crippen LogP contribution is 2.59. The lowest BCUT2D eigenvalue weighted by molar-refractivity contribution is -0.161. The molecule has 7 atom stereocenters. The maximum absolute atomic E-state index is 14.4. The van der Waals surface area contributed by atoms with E-state index in [2.05, 4.69) is 25.4 Å². The second-order valence-electron chi connectivity index (χ2n) is 12.3. The van der Waals surface area contributed by atoms with Gasteiger partial charge in [0.05, 0.1) is 37.1 Å². The first-order valence-corrected chi connectivity index (χ1v) is 16.4. The predicted octanol–water partition coefficient (Wildman–Crippen LogP) is 3.70. The van der Waals surface area contributed by atoms with Gasteiger partial charge in [-0.3, -0.25) is 19.2 Å². The average molecular weight is 624 g/mol. The standard InChI is InChI=1S/C35H49N3O7/c1-5-9-14-21-37(20-7-3)33(42)31-35-19-18-26(45-35)29(30(35)32(41)38(31)25(8-4)23-39)34(43)44-27(24-15-12-11-13-16-24)22-36-28(40)17-10-6-2/h6-7,11-13,15-16,25-27,29-31,39H,2-3,5,8-10,14,17-23H2,1,4H3,(H,36,40)/t25-,26-,27+,29+,30+,31-,35+/m0/s1. The molecule has 1 spiro atoms. The highest BCUT2D eigenvalue weighted by molar-refractivity contribution is 5.98. The smallest absolute Gasteiger partial charge is 0.313 e. The summed E-state index contributed by atoms with van der Waals surface area (Å²) in [4.78, 5) is 58.4. The molecule has 1 aromatic rings. The van der Waals surface area contributed by atoms with Crippen LogP contribution in [0.2, 0.25) is 0 Å². The summed E-state index contributed by atoms with van der Waals surface area (Å²) >= 11 is 0. The lowest BCUT2D eigenvalue weighted by Crippen LogP contribution is -2.58. The van der Waals surface area contributed by atoms with E-state index in [9.17, 15) is 24.3 Å². The Morgan fingerprint density at radius 1 is 1.20 bits per heavy atom. The van der Waals surface area contributed by atoms with Gasteiger partial charge in [0, 0.05) is 19.5 Å². The number of ether oxygens (including phenoxy) is 2. The van der Waals surface area contributed by atoms with Crippen LogP contribution < -0.4 is 5.32 Å². The molecule has 0 aromatic heterocycles. The lowest BCUT2D eigenvalue weighted by Gasteiger charge is -2.39. The van der Waals surface area contributed by atoms with Gasteiger partial charge < -0.3 is 29.7 Å². The number of unbranched alkanes of at least 4 members (excludes halogenated alkanes) is 2. The van der Waals surface area contributed by atoms with E-state index in [-0.39, 0.29) is 37.3 Å². The molecule has 0 aliphatic carbocycles. The van der Waals surface area contributed by atoms with Crippen LogP contribution >= 0.6 is 0 Å². The van der Waals surface area contributed by atoms with E-state index in [1.54, 1.807) is 17.1 Å². The molecule has 2 N–H and O–H groups in total. The van der Waals surface area contributed by atoms with Crippen molar-refractivity contribution in [3.05, 3.63) is 61.2 Å². The Hall–Kier alpha value is -3.50. The number of hydrogen-bond acceptors (Lipinski definition) is 7. The molecule has 3 amide bonds. The van der Waals surface area contributed by atoms with Gasteiger partial charge in [-0.1, -0.05) is 69.2 Å². The van der Waals surface area contributed by atoms with Crippen molar-refractivity contribution in [1.29, 1.82) is 0 Å². The summed E-state index contributed by atoms with van der Waals surface area (Å²) in [5, 5.41) is 13.2. The fourth-order valence-electron chi connectivity index (χ4n) is 7.26. The minimum atomic E-state index is -1.20. The van der Waals surface area contributed by atoms with Crippen molar-refractivity contribution >= 4 is 23.7 Å². The fraction of sp³-hybridized carbons (Fsp3) is 0.600. The van der Waals surface area contributed by atoms with Crippen molar-refractivity contribution in [3.8, 4) is 0 Å². The zero-order chi connectivity index (χ0) is 32.6. The molecule has 0 radical (unpaired) electrons. The number of allylic oxidation sites excluding steroid dienone is 1. The number of esters is 1. The quantitative estimate of drug-likeness (QED) is 0.145. The number of likely N-dealkylation sites (tertiary alicyclic amines) is 1. The highest BCUT2D eigenvalue weighted by atomic mass is 16.6. The maximum Gasteiger partial charge on any atom is 0.313 e. The molecule has 4 rings (SSSR count). The number of nitrogens with one attached hydrogen (secondary N) is 1. The van der Waals surface area contributed by atoms with Crippen LogP contribution in [0, 0.1) is 11.8 Å². The Bertz CT molecular complexity index is 1220. The van der Waals surface area contributed by atoms with Gasteiger partial charge in [0.15, 0.2) is 0 Å². The van der Waals surface area contributed by atoms with E-state index in [0.717, 1.165) is 19.3 Å². The molecule has 45 heavy (non-hydrogen) atoms. The molecule has 3 saturated heterocycles. The number of aliphatic hydroxyl groups is 1. The van der Waals surface area contributed by atoms with E-state index in [0.29, 0.717) is 44.3 Å². The SMILES string of the molecule is C=CCCC(=O)NC[C@@H](OC(=O)[C@@H]1[C@@H]2CC[C@]3(O2)[C@H](C(=O)N(CC=C)CCCCC)N([C@@H](CC)CO)C(=O)[C@@H]13)c1ccccc1. The first kappa shape index (κ1) is 34.4. The molecule has 1 aromatic carbocycles. The lowest BCUT2D eigenvalue weighted by atomic mass is 9.70. The van der Waals surface area contributed by atoms with Crippen molar-refractivity contribution in [2.24, 2.45) is 11.8 Å². The summed E-state index contributed by atoms with van der Waals surface area (Å²) in [5.41, 5.74) is -0.490. The molecule has 3 aliphatic rings. The summed E-state index contributed by atoms with van der Waals surface area (Å²) in [6.45, 7) is 12.0. The van der Waals surface area contributed by atoms with Crippen molar-refractivity contribution in [3.63, 3.8) is 0 Å². The number of carbonyl (C=O) groups excluding carboxylic acids is 4. The van der Waals surface area contributed by atoms with Gasteiger partial charge in [-0.15, -0.1) is 13.2 Å². The van der Waals surface area contributed by atoms with Crippen molar-refractivity contribution in [2.45, 2.75) is 95.1 Å². The summed E-state index contributed by atoms with van der Waals surface area (Å²) < 4.78 is 12.7. The van der Waals surface area contributed by atoms with Crippen LogP contribution in [0.25, 0.3) is 0 Å². The van der Waals surface area contributed by atoms with E-state index in [1.807, 2.05) is 37.3 Å². The Labute approximate surface area is 266 Å². The van der Waals surface area contributed by atoms with Crippen LogP contribution in [0.4, 0.5) is 0 Å². The first-order valence-electron chi connectivity index (χ1n) is 16.4. The van der Waals surface area contributed by atoms with Crippen LogP contribution in [-0.2, 0) is 28.7 Å². The average Bonchev–Trinajstić information content (AvgIpc) is 3.70. The molecule has 0 saturated carbocycles. The number of amides is 3. The fourth-order valence-corrected chi connectivity index (χ4v) is 7.26. The number of carbonyl (C=O) groups is 4. The van der Waals surface area contributed by atoms with Crippen LogP contribution in [0.5, 0.6) is 0 Å². The third kappa shape index (κ3) is 7.02. The molecule has 3 heterocycles. The van der Waals surface area contributed by atoms with Crippen molar-refractivity contribution in [1.82, 2.24) is 15.1 Å². The number of hydrogen-bond donors (Lipinski definition) is 2. The largest absolute Gasteiger partial charge is 0.455 e. The molecule has 3 fully saturated rings. The first-order chi connectivity index (χ1) is 21.8. The van der Waals surface area contributed by atoms with E-state index in [4.69, 9.17) is 9.47 Å².